The van der Waals surface area contributed by atoms with Crippen LogP contribution in [-0.4, -0.2) is 41.9 Å². The lowest BCUT2D eigenvalue weighted by atomic mass is 10.0. The first kappa shape index (κ1) is 29.3. The number of halogens is 2. The Kier molecular flexibility index (Phi) is 10.2. The van der Waals surface area contributed by atoms with Crippen LogP contribution in [0.5, 0.6) is 11.5 Å². The van der Waals surface area contributed by atoms with E-state index in [4.69, 9.17) is 14.2 Å². The van der Waals surface area contributed by atoms with Gasteiger partial charge in [0.25, 0.3) is 0 Å². The minimum atomic E-state index is -0.905. The van der Waals surface area contributed by atoms with Crippen LogP contribution in [0, 0.1) is 11.6 Å². The zero-order valence-electron chi connectivity index (χ0n) is 21.3. The molecule has 39 heavy (non-hydrogen) atoms. The van der Waals surface area contributed by atoms with Gasteiger partial charge < -0.3 is 19.5 Å². The van der Waals surface area contributed by atoms with Crippen molar-refractivity contribution in [1.29, 1.82) is 0 Å². The topological polar surface area (TPSA) is 108 Å². The third-order valence-electron chi connectivity index (χ3n) is 5.40. The van der Waals surface area contributed by atoms with Crippen molar-refractivity contribution in [3.05, 3.63) is 83.4 Å². The van der Waals surface area contributed by atoms with E-state index >= 15 is 0 Å². The van der Waals surface area contributed by atoms with Gasteiger partial charge in [-0.1, -0.05) is 18.2 Å². The summed E-state index contributed by atoms with van der Waals surface area (Å²) in [4.78, 5) is 48.6. The van der Waals surface area contributed by atoms with E-state index < -0.39 is 34.9 Å². The molecule has 0 aromatic heterocycles. The average molecular weight is 558 g/mol. The van der Waals surface area contributed by atoms with Gasteiger partial charge in [-0.15, -0.1) is 0 Å². The lowest BCUT2D eigenvalue weighted by molar-refractivity contribution is -0.125. The monoisotopic (exact) mass is 557 g/mol. The molecule has 0 fully saturated rings. The van der Waals surface area contributed by atoms with Crippen molar-refractivity contribution in [2.24, 2.45) is 0 Å². The van der Waals surface area contributed by atoms with Crippen molar-refractivity contribution < 1.29 is 42.2 Å². The summed E-state index contributed by atoms with van der Waals surface area (Å²) in [5.74, 6) is -2.89. The molecule has 0 aliphatic heterocycles. The summed E-state index contributed by atoms with van der Waals surface area (Å²) in [6.45, 7) is 2.40. The van der Waals surface area contributed by atoms with E-state index in [1.165, 1.54) is 45.2 Å². The van der Waals surface area contributed by atoms with Gasteiger partial charge in [0, 0.05) is 24.3 Å². The zero-order valence-corrected chi connectivity index (χ0v) is 22.1. The highest BCUT2D eigenvalue weighted by Crippen LogP contribution is 2.31. The number of nitrogens with one attached hydrogen (secondary N) is 1. The lowest BCUT2D eigenvalue weighted by Gasteiger charge is -2.15. The van der Waals surface area contributed by atoms with Gasteiger partial charge in [0.2, 0.25) is 5.91 Å². The number of esters is 1. The molecule has 0 heterocycles. The number of thioether (sulfide) groups is 1. The van der Waals surface area contributed by atoms with Crippen molar-refractivity contribution in [3.63, 3.8) is 0 Å². The fraction of sp³-hybridized carbons (Fsp3) is 0.214. The number of ketones is 1. The normalized spacial score (nSPS) is 11.3. The summed E-state index contributed by atoms with van der Waals surface area (Å²) in [6.07, 6.45) is 0. The molecule has 8 nitrogen and oxygen atoms in total. The van der Waals surface area contributed by atoms with Gasteiger partial charge in [-0.25, -0.2) is 18.4 Å². The fourth-order valence-electron chi connectivity index (χ4n) is 3.39. The summed E-state index contributed by atoms with van der Waals surface area (Å²) in [6, 6.07) is 12.9. The molecule has 0 unspecified atom stereocenters. The number of amides is 1. The van der Waals surface area contributed by atoms with Crippen LogP contribution in [0.15, 0.2) is 60.7 Å². The molecule has 3 aromatic carbocycles. The number of hydrogen-bond donors (Lipinski definition) is 1. The number of rotatable bonds is 10. The highest BCUT2D eigenvalue weighted by Gasteiger charge is 2.22. The SMILES string of the molecule is COc1ccc(COC(=O)c2cc(-c3ccc(F)cc3F)ccc2OC(=O)SC[C@@H](NC(C)=O)C(C)=O)cc1. The molecule has 1 amide bonds. The number of carbonyl (C=O) groups is 4. The molecule has 0 saturated heterocycles. The molecule has 0 aliphatic carbocycles. The van der Waals surface area contributed by atoms with Gasteiger partial charge in [-0.3, -0.25) is 9.59 Å². The van der Waals surface area contributed by atoms with Crippen LogP contribution in [0.25, 0.3) is 11.1 Å². The maximum Gasteiger partial charge on any atom is 0.372 e. The minimum absolute atomic E-state index is 0.0208. The number of benzene rings is 3. The summed E-state index contributed by atoms with van der Waals surface area (Å²) in [5, 5.41) is 1.59. The van der Waals surface area contributed by atoms with E-state index in [0.717, 1.165) is 6.07 Å². The second-order valence-corrected chi connectivity index (χ2v) is 9.24. The third kappa shape index (κ3) is 8.37. The second-order valence-electron chi connectivity index (χ2n) is 8.29. The van der Waals surface area contributed by atoms with E-state index in [2.05, 4.69) is 5.32 Å². The number of methoxy groups -OCH3 is 1. The smallest absolute Gasteiger partial charge is 0.372 e. The highest BCUT2D eigenvalue weighted by molar-refractivity contribution is 8.13. The molecule has 0 radical (unpaired) electrons. The van der Waals surface area contributed by atoms with E-state index in [-0.39, 0.29) is 40.6 Å². The number of hydrogen-bond acceptors (Lipinski definition) is 8. The zero-order chi connectivity index (χ0) is 28.5. The first-order chi connectivity index (χ1) is 18.6. The largest absolute Gasteiger partial charge is 0.497 e. The van der Waals surface area contributed by atoms with Crippen LogP contribution in [0.1, 0.15) is 29.8 Å². The average Bonchev–Trinajstić information content (AvgIpc) is 2.90. The van der Waals surface area contributed by atoms with Crippen molar-refractivity contribution in [1.82, 2.24) is 5.32 Å². The van der Waals surface area contributed by atoms with Crippen molar-refractivity contribution in [3.8, 4) is 22.6 Å². The molecule has 11 heteroatoms. The molecule has 0 saturated carbocycles. The van der Waals surface area contributed by atoms with Gasteiger partial charge in [-0.05, 0) is 66.2 Å². The van der Waals surface area contributed by atoms with Gasteiger partial charge in [-0.2, -0.15) is 0 Å². The van der Waals surface area contributed by atoms with E-state index in [0.29, 0.717) is 29.1 Å². The standard InChI is InChI=1S/C28H25F2NO7S/c1-16(32)25(31-17(2)33)15-39-28(35)38-26-11-6-19(22-10-7-20(29)13-24(22)30)12-23(26)27(34)37-14-18-4-8-21(36-3)9-5-18/h4-13,25H,14-15H2,1-3H3,(H,31,33)/t25-/m1/s1. The molecule has 0 bridgehead atoms. The molecule has 3 rings (SSSR count). The number of carbonyl (C=O) groups excluding carboxylic acids is 4. The van der Waals surface area contributed by atoms with Crippen LogP contribution in [0.2, 0.25) is 0 Å². The maximum absolute atomic E-state index is 14.4. The molecule has 1 atom stereocenters. The van der Waals surface area contributed by atoms with E-state index in [1.54, 1.807) is 24.3 Å². The number of Topliss-reactive ketones (excluding diaryl/α,β-unsaturated/α-hetero) is 1. The van der Waals surface area contributed by atoms with Gasteiger partial charge >= 0.3 is 11.3 Å². The summed E-state index contributed by atoms with van der Waals surface area (Å²) in [7, 11) is 1.52. The Balaban J connectivity index is 1.84. The second kappa shape index (κ2) is 13.5. The lowest BCUT2D eigenvalue weighted by Crippen LogP contribution is -2.40. The first-order valence-electron chi connectivity index (χ1n) is 11.6. The van der Waals surface area contributed by atoms with Gasteiger partial charge in [0.15, 0.2) is 5.78 Å². The Hall–Kier alpha value is -4.25. The number of ether oxygens (including phenoxy) is 3. The third-order valence-corrected chi connectivity index (χ3v) is 6.22. The van der Waals surface area contributed by atoms with Crippen LogP contribution >= 0.6 is 11.8 Å². The molecule has 0 spiro atoms. The van der Waals surface area contributed by atoms with Crippen LogP contribution in [-0.2, 0) is 20.9 Å². The summed E-state index contributed by atoms with van der Waals surface area (Å²) >= 11 is 0.626. The highest BCUT2D eigenvalue weighted by atomic mass is 32.2. The van der Waals surface area contributed by atoms with Crippen LogP contribution in [0.3, 0.4) is 0 Å². The van der Waals surface area contributed by atoms with Crippen LogP contribution in [0.4, 0.5) is 13.6 Å². The molecule has 3 aromatic rings. The minimum Gasteiger partial charge on any atom is -0.497 e. The van der Waals surface area contributed by atoms with Crippen LogP contribution < -0.4 is 14.8 Å². The van der Waals surface area contributed by atoms with Gasteiger partial charge in [0.1, 0.15) is 35.3 Å². The Labute approximate surface area is 227 Å². The fourth-order valence-corrected chi connectivity index (χ4v) is 4.16. The quantitative estimate of drug-likeness (QED) is 0.334. The van der Waals surface area contributed by atoms with E-state index in [1.807, 2.05) is 0 Å². The van der Waals surface area contributed by atoms with Gasteiger partial charge in [0.05, 0.1) is 13.2 Å². The first-order valence-corrected chi connectivity index (χ1v) is 12.6. The van der Waals surface area contributed by atoms with E-state index in [9.17, 15) is 28.0 Å². The maximum atomic E-state index is 14.4. The Morgan fingerprint density at radius 2 is 1.67 bits per heavy atom. The molecular formula is C28H25F2NO7S. The van der Waals surface area contributed by atoms with Crippen molar-refractivity contribution in [2.45, 2.75) is 26.5 Å². The molecule has 1 N–H and O–H groups in total. The summed E-state index contributed by atoms with van der Waals surface area (Å²) in [5.41, 5.74) is 0.724. The molecule has 204 valence electrons. The van der Waals surface area contributed by atoms with Crippen molar-refractivity contribution in [2.75, 3.05) is 12.9 Å². The molecular weight excluding hydrogens is 532 g/mol. The Bertz CT molecular complexity index is 1380. The molecule has 0 aliphatic rings. The predicted octanol–water partition coefficient (Wildman–Crippen LogP) is 5.32. The Morgan fingerprint density at radius 1 is 0.949 bits per heavy atom. The summed E-state index contributed by atoms with van der Waals surface area (Å²) < 4.78 is 43.7. The predicted molar refractivity (Wildman–Crippen MR) is 141 cm³/mol. The van der Waals surface area contributed by atoms with Crippen molar-refractivity contribution >= 4 is 34.7 Å². The Morgan fingerprint density at radius 3 is 2.28 bits per heavy atom.